The van der Waals surface area contributed by atoms with Crippen LogP contribution in [-0.2, 0) is 30.7 Å². The maximum atomic E-state index is 13.5. The lowest BCUT2D eigenvalue weighted by atomic mass is 9.98. The number of hydrogen-bond acceptors (Lipinski definition) is 7. The number of hydrogen-bond donors (Lipinski definition) is 3. The molecule has 10 nitrogen and oxygen atoms in total. The predicted molar refractivity (Wildman–Crippen MR) is 176 cm³/mol. The van der Waals surface area contributed by atoms with Gasteiger partial charge in [0.05, 0.1) is 5.69 Å². The van der Waals surface area contributed by atoms with Gasteiger partial charge in [0.1, 0.15) is 11.6 Å². The van der Waals surface area contributed by atoms with E-state index in [1.807, 2.05) is 29.3 Å². The molecule has 0 bridgehead atoms. The van der Waals surface area contributed by atoms with Gasteiger partial charge in [-0.05, 0) is 103 Å². The number of nitrogens with one attached hydrogen (secondary N) is 2. The van der Waals surface area contributed by atoms with E-state index in [0.29, 0.717) is 35.7 Å². The molecule has 1 aliphatic carbocycles. The van der Waals surface area contributed by atoms with E-state index in [1.54, 1.807) is 30.3 Å². The molecule has 1 saturated carbocycles. The number of carbonyl (C=O) groups excluding carboxylic acids is 3. The second kappa shape index (κ2) is 12.6. The van der Waals surface area contributed by atoms with E-state index in [4.69, 9.17) is 10.5 Å². The summed E-state index contributed by atoms with van der Waals surface area (Å²) in [7, 11) is 0. The number of amides is 3. The minimum atomic E-state index is -0.211. The quantitative estimate of drug-likeness (QED) is 0.252. The largest absolute Gasteiger partial charge is 0.482 e. The zero-order valence-electron chi connectivity index (χ0n) is 25.5. The van der Waals surface area contributed by atoms with Crippen molar-refractivity contribution in [2.24, 2.45) is 5.73 Å². The van der Waals surface area contributed by atoms with Crippen LogP contribution in [0.25, 0.3) is 0 Å². The van der Waals surface area contributed by atoms with E-state index in [0.717, 1.165) is 61.4 Å². The molecule has 234 valence electrons. The van der Waals surface area contributed by atoms with E-state index < -0.39 is 0 Å². The van der Waals surface area contributed by atoms with Crippen molar-refractivity contribution in [3.63, 3.8) is 0 Å². The number of fused-ring (bicyclic) bond motifs is 2. The summed E-state index contributed by atoms with van der Waals surface area (Å²) >= 11 is 0. The Morgan fingerprint density at radius 2 is 1.78 bits per heavy atom. The highest BCUT2D eigenvalue weighted by Crippen LogP contribution is 2.33. The Morgan fingerprint density at radius 1 is 0.978 bits per heavy atom. The third kappa shape index (κ3) is 6.43. The summed E-state index contributed by atoms with van der Waals surface area (Å²) in [6.45, 7) is 2.62. The first kappa shape index (κ1) is 29.5. The van der Waals surface area contributed by atoms with Gasteiger partial charge in [0.2, 0.25) is 0 Å². The Labute approximate surface area is 267 Å². The van der Waals surface area contributed by atoms with E-state index >= 15 is 0 Å². The normalized spacial score (nSPS) is 15.2. The van der Waals surface area contributed by atoms with Crippen LogP contribution in [0.3, 0.4) is 0 Å². The van der Waals surface area contributed by atoms with Crippen molar-refractivity contribution in [1.29, 1.82) is 0 Å². The second-order valence-electron chi connectivity index (χ2n) is 12.1. The Bertz CT molecular complexity index is 1790. The highest BCUT2D eigenvalue weighted by molar-refractivity contribution is 6.04. The van der Waals surface area contributed by atoms with Gasteiger partial charge in [0, 0.05) is 48.7 Å². The summed E-state index contributed by atoms with van der Waals surface area (Å²) in [6.07, 6.45) is 5.52. The zero-order valence-corrected chi connectivity index (χ0v) is 25.5. The average Bonchev–Trinajstić information content (AvgIpc) is 3.93. The standard InChI is InChI=1S/C36H36N6O4/c37-15-13-23-3-12-33(38-19-23)41-16-14-26-17-29(8-6-28(26)21-41)39-35(44)25-4-1-24(2-5-25)20-42(30-9-10-30)36(45)27-7-11-31-32(18-27)46-22-34(43)40-31/h1-8,11-12,17-19,30H,9-10,13-16,20-22,37H2,(H,39,44)(H,40,43). The fourth-order valence-corrected chi connectivity index (χ4v) is 6.03. The number of benzene rings is 3. The van der Waals surface area contributed by atoms with Gasteiger partial charge in [-0.2, -0.15) is 0 Å². The number of nitrogens with zero attached hydrogens (tertiary/aromatic N) is 3. The molecule has 2 aliphatic heterocycles. The topological polar surface area (TPSA) is 130 Å². The number of carbonyl (C=O) groups is 3. The first-order valence-corrected chi connectivity index (χ1v) is 15.7. The van der Waals surface area contributed by atoms with Crippen LogP contribution >= 0.6 is 0 Å². The number of anilines is 3. The molecule has 4 aromatic rings. The molecule has 1 fully saturated rings. The molecule has 1 aromatic heterocycles. The minimum absolute atomic E-state index is 0.0636. The number of aromatic nitrogens is 1. The summed E-state index contributed by atoms with van der Waals surface area (Å²) in [5.41, 5.74) is 12.6. The van der Waals surface area contributed by atoms with Gasteiger partial charge in [-0.15, -0.1) is 0 Å². The van der Waals surface area contributed by atoms with Crippen molar-refractivity contribution in [3.05, 3.63) is 112 Å². The van der Waals surface area contributed by atoms with Crippen molar-refractivity contribution in [1.82, 2.24) is 9.88 Å². The number of rotatable bonds is 9. The Hall–Kier alpha value is -5.22. The number of nitrogens with two attached hydrogens (primary N) is 1. The van der Waals surface area contributed by atoms with E-state index in [1.165, 1.54) is 11.1 Å². The molecule has 3 aromatic carbocycles. The smallest absolute Gasteiger partial charge is 0.262 e. The highest BCUT2D eigenvalue weighted by atomic mass is 16.5. The molecule has 7 rings (SSSR count). The lowest BCUT2D eigenvalue weighted by Crippen LogP contribution is -2.33. The van der Waals surface area contributed by atoms with Gasteiger partial charge in [-0.3, -0.25) is 14.4 Å². The zero-order chi connectivity index (χ0) is 31.6. The van der Waals surface area contributed by atoms with E-state index in [2.05, 4.69) is 44.8 Å². The first-order valence-electron chi connectivity index (χ1n) is 15.7. The van der Waals surface area contributed by atoms with Crippen LogP contribution in [0.15, 0.2) is 79.0 Å². The van der Waals surface area contributed by atoms with Gasteiger partial charge in [-0.25, -0.2) is 4.98 Å². The second-order valence-corrected chi connectivity index (χ2v) is 12.1. The van der Waals surface area contributed by atoms with Gasteiger partial charge in [-0.1, -0.05) is 24.3 Å². The molecule has 3 aliphatic rings. The molecule has 46 heavy (non-hydrogen) atoms. The summed E-state index contributed by atoms with van der Waals surface area (Å²) in [6, 6.07) is 23.0. The molecular formula is C36H36N6O4. The van der Waals surface area contributed by atoms with Gasteiger partial charge in [0.25, 0.3) is 17.7 Å². The summed E-state index contributed by atoms with van der Waals surface area (Å²) in [5.74, 6) is 0.986. The predicted octanol–water partition coefficient (Wildman–Crippen LogP) is 4.53. The van der Waals surface area contributed by atoms with Gasteiger partial charge in [0.15, 0.2) is 6.61 Å². The van der Waals surface area contributed by atoms with Gasteiger partial charge < -0.3 is 30.9 Å². The molecule has 0 unspecified atom stereocenters. The Balaban J connectivity index is 0.971. The molecular weight excluding hydrogens is 580 g/mol. The minimum Gasteiger partial charge on any atom is -0.482 e. The lowest BCUT2D eigenvalue weighted by molar-refractivity contribution is -0.118. The van der Waals surface area contributed by atoms with E-state index in [-0.39, 0.29) is 30.4 Å². The number of pyridine rings is 1. The van der Waals surface area contributed by atoms with Crippen LogP contribution in [-0.4, -0.2) is 53.3 Å². The lowest BCUT2D eigenvalue weighted by Gasteiger charge is -2.30. The summed E-state index contributed by atoms with van der Waals surface area (Å²) in [4.78, 5) is 47.0. The fourth-order valence-electron chi connectivity index (χ4n) is 6.03. The average molecular weight is 617 g/mol. The van der Waals surface area contributed by atoms with Crippen LogP contribution in [0.1, 0.15) is 55.8 Å². The van der Waals surface area contributed by atoms with Crippen molar-refractivity contribution >= 4 is 34.9 Å². The van der Waals surface area contributed by atoms with Crippen molar-refractivity contribution in [2.45, 2.75) is 44.8 Å². The van der Waals surface area contributed by atoms with E-state index in [9.17, 15) is 14.4 Å². The van der Waals surface area contributed by atoms with Crippen molar-refractivity contribution < 1.29 is 19.1 Å². The van der Waals surface area contributed by atoms with Gasteiger partial charge >= 0.3 is 0 Å². The SMILES string of the molecule is NCCc1ccc(N2CCc3cc(NC(=O)c4ccc(CN(C(=O)c5ccc6c(c5)OCC(=O)N6)C5CC5)cc4)ccc3C2)nc1. The van der Waals surface area contributed by atoms with Crippen LogP contribution in [0, 0.1) is 0 Å². The van der Waals surface area contributed by atoms with Crippen molar-refractivity contribution in [3.8, 4) is 5.75 Å². The monoisotopic (exact) mass is 616 g/mol. The molecule has 0 spiro atoms. The van der Waals surface area contributed by atoms with Crippen molar-refractivity contribution in [2.75, 3.05) is 35.2 Å². The highest BCUT2D eigenvalue weighted by Gasteiger charge is 2.33. The molecule has 3 heterocycles. The van der Waals surface area contributed by atoms with Crippen LogP contribution in [0.2, 0.25) is 0 Å². The third-order valence-electron chi connectivity index (χ3n) is 8.72. The van der Waals surface area contributed by atoms with Crippen LogP contribution in [0.5, 0.6) is 5.75 Å². The Morgan fingerprint density at radius 3 is 2.54 bits per heavy atom. The molecule has 0 saturated heterocycles. The first-order chi connectivity index (χ1) is 22.4. The summed E-state index contributed by atoms with van der Waals surface area (Å²) in [5, 5.41) is 5.80. The maximum absolute atomic E-state index is 13.5. The summed E-state index contributed by atoms with van der Waals surface area (Å²) < 4.78 is 5.51. The fraction of sp³-hybridized carbons (Fsp3) is 0.278. The third-order valence-corrected chi connectivity index (χ3v) is 8.72. The number of ether oxygens (including phenoxy) is 1. The Kier molecular flexibility index (Phi) is 8.11. The molecule has 4 N–H and O–H groups in total. The molecule has 3 amide bonds. The molecule has 0 radical (unpaired) electrons. The molecule has 10 heteroatoms. The maximum Gasteiger partial charge on any atom is 0.262 e. The van der Waals surface area contributed by atoms with Crippen LogP contribution < -0.4 is 26.0 Å². The molecule has 0 atom stereocenters. The van der Waals surface area contributed by atoms with Crippen LogP contribution in [0.4, 0.5) is 17.2 Å².